The Bertz CT molecular complexity index is 510. The Hall–Kier alpha value is -1.60. The summed E-state index contributed by atoms with van der Waals surface area (Å²) in [6.07, 6.45) is 2.27. The SMILES string of the molecule is CCCNC(C)c1ccc(-c2ccc(CC)cc2)cc1. The molecule has 0 radical (unpaired) electrons. The van der Waals surface area contributed by atoms with E-state index in [0.29, 0.717) is 6.04 Å². The summed E-state index contributed by atoms with van der Waals surface area (Å²) < 4.78 is 0. The molecule has 0 aromatic heterocycles. The van der Waals surface area contributed by atoms with Gasteiger partial charge < -0.3 is 5.32 Å². The molecule has 1 N–H and O–H groups in total. The van der Waals surface area contributed by atoms with Crippen LogP contribution in [0.5, 0.6) is 0 Å². The summed E-state index contributed by atoms with van der Waals surface area (Å²) in [7, 11) is 0. The van der Waals surface area contributed by atoms with Crippen molar-refractivity contribution >= 4 is 0 Å². The summed E-state index contributed by atoms with van der Waals surface area (Å²) in [5.74, 6) is 0. The lowest BCUT2D eigenvalue weighted by Gasteiger charge is -2.14. The molecule has 2 aromatic carbocycles. The van der Waals surface area contributed by atoms with E-state index < -0.39 is 0 Å². The third kappa shape index (κ3) is 3.71. The molecule has 0 fully saturated rings. The second-order valence-corrected chi connectivity index (χ2v) is 5.35. The van der Waals surface area contributed by atoms with E-state index in [1.165, 1.54) is 28.7 Å². The Morgan fingerprint density at radius 1 is 0.850 bits per heavy atom. The van der Waals surface area contributed by atoms with Gasteiger partial charge in [0.05, 0.1) is 0 Å². The van der Waals surface area contributed by atoms with Gasteiger partial charge in [0.1, 0.15) is 0 Å². The van der Waals surface area contributed by atoms with Gasteiger partial charge in [-0.05, 0) is 48.6 Å². The third-order valence-electron chi connectivity index (χ3n) is 3.81. The molecule has 0 aliphatic heterocycles. The van der Waals surface area contributed by atoms with Crippen molar-refractivity contribution in [3.05, 3.63) is 59.7 Å². The molecule has 0 saturated heterocycles. The Kier molecular flexibility index (Phi) is 5.37. The van der Waals surface area contributed by atoms with E-state index in [2.05, 4.69) is 74.6 Å². The maximum absolute atomic E-state index is 3.52. The molecule has 0 heterocycles. The van der Waals surface area contributed by atoms with Crippen LogP contribution in [0.1, 0.15) is 44.4 Å². The predicted octanol–water partition coefficient (Wildman–Crippen LogP) is 4.98. The first-order valence-corrected chi connectivity index (χ1v) is 7.67. The predicted molar refractivity (Wildman–Crippen MR) is 88.0 cm³/mol. The summed E-state index contributed by atoms with van der Waals surface area (Å²) in [4.78, 5) is 0. The van der Waals surface area contributed by atoms with Crippen LogP contribution in [0.3, 0.4) is 0 Å². The smallest absolute Gasteiger partial charge is 0.0291 e. The highest BCUT2D eigenvalue weighted by atomic mass is 14.9. The van der Waals surface area contributed by atoms with E-state index in [1.54, 1.807) is 0 Å². The molecule has 0 aliphatic carbocycles. The van der Waals surface area contributed by atoms with Crippen LogP contribution in [-0.4, -0.2) is 6.54 Å². The van der Waals surface area contributed by atoms with Crippen molar-refractivity contribution in [3.63, 3.8) is 0 Å². The monoisotopic (exact) mass is 267 g/mol. The van der Waals surface area contributed by atoms with Crippen molar-refractivity contribution in [2.75, 3.05) is 6.54 Å². The largest absolute Gasteiger partial charge is 0.310 e. The number of benzene rings is 2. The Labute approximate surface area is 123 Å². The minimum atomic E-state index is 0.423. The van der Waals surface area contributed by atoms with Gasteiger partial charge in [0, 0.05) is 6.04 Å². The van der Waals surface area contributed by atoms with Crippen molar-refractivity contribution in [3.8, 4) is 11.1 Å². The van der Waals surface area contributed by atoms with Crippen molar-refractivity contribution in [1.29, 1.82) is 0 Å². The van der Waals surface area contributed by atoms with E-state index in [1.807, 2.05) is 0 Å². The summed E-state index contributed by atoms with van der Waals surface area (Å²) in [5.41, 5.74) is 5.33. The quantitative estimate of drug-likeness (QED) is 0.778. The molecule has 0 aliphatic rings. The lowest BCUT2D eigenvalue weighted by Crippen LogP contribution is -2.19. The third-order valence-corrected chi connectivity index (χ3v) is 3.81. The van der Waals surface area contributed by atoms with Gasteiger partial charge in [-0.25, -0.2) is 0 Å². The van der Waals surface area contributed by atoms with Gasteiger partial charge in [-0.15, -0.1) is 0 Å². The van der Waals surface area contributed by atoms with Crippen LogP contribution in [0, 0.1) is 0 Å². The number of hydrogen-bond acceptors (Lipinski definition) is 1. The number of aryl methyl sites for hydroxylation is 1. The van der Waals surface area contributed by atoms with Gasteiger partial charge in [0.2, 0.25) is 0 Å². The summed E-state index contributed by atoms with van der Waals surface area (Å²) in [6, 6.07) is 18.2. The molecule has 1 unspecified atom stereocenters. The maximum Gasteiger partial charge on any atom is 0.0291 e. The molecule has 1 atom stereocenters. The first-order valence-electron chi connectivity index (χ1n) is 7.67. The highest BCUT2D eigenvalue weighted by Gasteiger charge is 2.04. The second-order valence-electron chi connectivity index (χ2n) is 5.35. The topological polar surface area (TPSA) is 12.0 Å². The first kappa shape index (κ1) is 14.8. The molecular weight excluding hydrogens is 242 g/mol. The Morgan fingerprint density at radius 3 is 1.90 bits per heavy atom. The second kappa shape index (κ2) is 7.25. The normalized spacial score (nSPS) is 12.3. The fourth-order valence-electron chi connectivity index (χ4n) is 2.38. The van der Waals surface area contributed by atoms with Crippen LogP contribution in [0.15, 0.2) is 48.5 Å². The summed E-state index contributed by atoms with van der Waals surface area (Å²) in [6.45, 7) is 7.68. The summed E-state index contributed by atoms with van der Waals surface area (Å²) in [5, 5.41) is 3.52. The maximum atomic E-state index is 3.52. The zero-order valence-electron chi connectivity index (χ0n) is 12.8. The van der Waals surface area contributed by atoms with Gasteiger partial charge in [0.15, 0.2) is 0 Å². The van der Waals surface area contributed by atoms with E-state index in [4.69, 9.17) is 0 Å². The number of hydrogen-bond donors (Lipinski definition) is 1. The molecular formula is C19H25N. The molecule has 2 rings (SSSR count). The molecule has 106 valence electrons. The number of nitrogens with one attached hydrogen (secondary N) is 1. The van der Waals surface area contributed by atoms with Crippen molar-refractivity contribution in [1.82, 2.24) is 5.32 Å². The van der Waals surface area contributed by atoms with E-state index >= 15 is 0 Å². The van der Waals surface area contributed by atoms with Crippen LogP contribution in [0.4, 0.5) is 0 Å². The van der Waals surface area contributed by atoms with Gasteiger partial charge in [-0.1, -0.05) is 62.4 Å². The number of rotatable bonds is 6. The lowest BCUT2D eigenvalue weighted by molar-refractivity contribution is 0.571. The van der Waals surface area contributed by atoms with Crippen molar-refractivity contribution in [2.45, 2.75) is 39.7 Å². The summed E-state index contributed by atoms with van der Waals surface area (Å²) >= 11 is 0. The van der Waals surface area contributed by atoms with Crippen LogP contribution >= 0.6 is 0 Å². The van der Waals surface area contributed by atoms with Crippen LogP contribution in [-0.2, 0) is 6.42 Å². The molecule has 0 spiro atoms. The highest BCUT2D eigenvalue weighted by Crippen LogP contribution is 2.22. The molecule has 2 aromatic rings. The standard InChI is InChI=1S/C19H25N/c1-4-14-20-15(3)17-10-12-19(13-11-17)18-8-6-16(5-2)7-9-18/h6-13,15,20H,4-5,14H2,1-3H3. The van der Waals surface area contributed by atoms with Gasteiger partial charge in [0.25, 0.3) is 0 Å². The minimum Gasteiger partial charge on any atom is -0.310 e. The Morgan fingerprint density at radius 2 is 1.40 bits per heavy atom. The van der Waals surface area contributed by atoms with Gasteiger partial charge in [-0.3, -0.25) is 0 Å². The molecule has 0 amide bonds. The molecule has 0 bridgehead atoms. The first-order chi connectivity index (χ1) is 9.74. The van der Waals surface area contributed by atoms with E-state index in [-0.39, 0.29) is 0 Å². The fraction of sp³-hybridized carbons (Fsp3) is 0.368. The van der Waals surface area contributed by atoms with Crippen LogP contribution in [0.2, 0.25) is 0 Å². The molecule has 1 nitrogen and oxygen atoms in total. The average molecular weight is 267 g/mol. The molecule has 0 saturated carbocycles. The zero-order valence-corrected chi connectivity index (χ0v) is 12.8. The molecule has 20 heavy (non-hydrogen) atoms. The van der Waals surface area contributed by atoms with Crippen LogP contribution < -0.4 is 5.32 Å². The lowest BCUT2D eigenvalue weighted by atomic mass is 10.00. The highest BCUT2D eigenvalue weighted by molar-refractivity contribution is 5.64. The Balaban J connectivity index is 2.10. The minimum absolute atomic E-state index is 0.423. The van der Waals surface area contributed by atoms with Crippen molar-refractivity contribution in [2.24, 2.45) is 0 Å². The van der Waals surface area contributed by atoms with E-state index in [9.17, 15) is 0 Å². The van der Waals surface area contributed by atoms with Gasteiger partial charge in [-0.2, -0.15) is 0 Å². The van der Waals surface area contributed by atoms with Crippen molar-refractivity contribution < 1.29 is 0 Å². The van der Waals surface area contributed by atoms with Crippen LogP contribution in [0.25, 0.3) is 11.1 Å². The zero-order chi connectivity index (χ0) is 14.4. The average Bonchev–Trinajstić information content (AvgIpc) is 2.53. The van der Waals surface area contributed by atoms with E-state index in [0.717, 1.165) is 13.0 Å². The molecule has 1 heteroatoms. The fourth-order valence-corrected chi connectivity index (χ4v) is 2.38. The van der Waals surface area contributed by atoms with Gasteiger partial charge >= 0.3 is 0 Å².